The molecule has 0 aliphatic carbocycles. The highest BCUT2D eigenvalue weighted by Gasteiger charge is 2.26. The number of para-hydroxylation sites is 2. The first-order valence-corrected chi connectivity index (χ1v) is 9.00. The molecule has 7 heteroatoms. The van der Waals surface area contributed by atoms with E-state index in [0.29, 0.717) is 5.82 Å². The first-order valence-electron chi connectivity index (χ1n) is 7.56. The quantitative estimate of drug-likeness (QED) is 0.770. The molecule has 3 rings (SSSR count). The lowest BCUT2D eigenvalue weighted by molar-refractivity contribution is 0.493. The summed E-state index contributed by atoms with van der Waals surface area (Å²) in [6.45, 7) is 0. The Bertz CT molecular complexity index is 949. The Labute approximate surface area is 141 Å². The molecule has 0 aliphatic heterocycles. The predicted molar refractivity (Wildman–Crippen MR) is 94.7 cm³/mol. The number of aromatic nitrogens is 2. The zero-order valence-corrected chi connectivity index (χ0v) is 14.7. The molecule has 0 fully saturated rings. The van der Waals surface area contributed by atoms with Gasteiger partial charge in [0, 0.05) is 21.1 Å². The van der Waals surface area contributed by atoms with Crippen molar-refractivity contribution in [3.8, 4) is 0 Å². The van der Waals surface area contributed by atoms with Crippen LogP contribution < -0.4 is 4.72 Å². The fraction of sp³-hybridized carbons (Fsp3) is 0.235. The summed E-state index contributed by atoms with van der Waals surface area (Å²) in [5.74, 6) is 0.646. The zero-order chi connectivity index (χ0) is 17.3. The maximum Gasteiger partial charge on any atom is 0.279 e. The second kappa shape index (κ2) is 6.35. The van der Waals surface area contributed by atoms with Gasteiger partial charge in [-0.15, -0.1) is 0 Å². The van der Waals surface area contributed by atoms with E-state index in [1.165, 1.54) is 14.1 Å². The van der Waals surface area contributed by atoms with E-state index in [2.05, 4.69) is 9.71 Å². The van der Waals surface area contributed by atoms with E-state index in [1.54, 1.807) is 0 Å². The lowest BCUT2D eigenvalue weighted by atomic mass is 10.1. The SMILES string of the molecule is CN(C)S(=O)(=O)N[C@@H](c1ccccc1)c1nc2ccccc2n1C. The molecule has 1 aromatic heterocycles. The molecule has 1 atom stereocenters. The molecule has 0 bridgehead atoms. The maximum atomic E-state index is 12.4. The van der Waals surface area contributed by atoms with E-state index in [9.17, 15) is 8.42 Å². The molecule has 0 unspecified atom stereocenters. The van der Waals surface area contributed by atoms with Crippen molar-refractivity contribution in [1.29, 1.82) is 0 Å². The molecule has 24 heavy (non-hydrogen) atoms. The van der Waals surface area contributed by atoms with Gasteiger partial charge in [-0.05, 0) is 17.7 Å². The summed E-state index contributed by atoms with van der Waals surface area (Å²) in [7, 11) is 1.27. The van der Waals surface area contributed by atoms with Crippen LogP contribution >= 0.6 is 0 Å². The van der Waals surface area contributed by atoms with Crippen LogP contribution in [0.1, 0.15) is 17.4 Å². The molecule has 1 N–H and O–H groups in total. The molecule has 0 spiro atoms. The molecule has 1 heterocycles. The minimum absolute atomic E-state index is 0.573. The minimum Gasteiger partial charge on any atom is -0.329 e. The molecule has 0 amide bonds. The average molecular weight is 344 g/mol. The van der Waals surface area contributed by atoms with Gasteiger partial charge < -0.3 is 4.57 Å². The van der Waals surface area contributed by atoms with E-state index in [1.807, 2.05) is 66.2 Å². The normalized spacial score (nSPS) is 13.5. The summed E-state index contributed by atoms with van der Waals surface area (Å²) in [4.78, 5) is 4.65. The molecule has 0 saturated heterocycles. The molecular formula is C17H20N4O2S. The van der Waals surface area contributed by atoms with E-state index in [0.717, 1.165) is 20.9 Å². The van der Waals surface area contributed by atoms with E-state index in [4.69, 9.17) is 0 Å². The monoisotopic (exact) mass is 344 g/mol. The third-order valence-corrected chi connectivity index (χ3v) is 5.46. The smallest absolute Gasteiger partial charge is 0.279 e. The lowest BCUT2D eigenvalue weighted by Crippen LogP contribution is -2.39. The van der Waals surface area contributed by atoms with Crippen molar-refractivity contribution in [2.24, 2.45) is 7.05 Å². The summed E-state index contributed by atoms with van der Waals surface area (Å²) in [5, 5.41) is 0. The van der Waals surface area contributed by atoms with Crippen LogP contribution in [0.2, 0.25) is 0 Å². The second-order valence-corrected chi connectivity index (χ2v) is 7.68. The molecule has 6 nitrogen and oxygen atoms in total. The Morgan fingerprint density at radius 1 is 1.04 bits per heavy atom. The molecule has 2 aromatic carbocycles. The highest BCUT2D eigenvalue weighted by Crippen LogP contribution is 2.25. The van der Waals surface area contributed by atoms with Gasteiger partial charge in [-0.2, -0.15) is 17.4 Å². The minimum atomic E-state index is -3.62. The molecule has 3 aromatic rings. The molecule has 0 aliphatic rings. The maximum absolute atomic E-state index is 12.4. The van der Waals surface area contributed by atoms with Crippen LogP contribution in [0.25, 0.3) is 11.0 Å². The fourth-order valence-electron chi connectivity index (χ4n) is 2.59. The largest absolute Gasteiger partial charge is 0.329 e. The number of nitrogens with zero attached hydrogens (tertiary/aromatic N) is 3. The van der Waals surface area contributed by atoms with Crippen LogP contribution in [0.3, 0.4) is 0 Å². The zero-order valence-electron chi connectivity index (χ0n) is 13.8. The molecule has 0 radical (unpaired) electrons. The van der Waals surface area contributed by atoms with Crippen molar-refractivity contribution >= 4 is 21.2 Å². The Balaban J connectivity index is 2.15. The van der Waals surface area contributed by atoms with Gasteiger partial charge in [0.05, 0.1) is 11.0 Å². The number of rotatable bonds is 5. The van der Waals surface area contributed by atoms with Crippen molar-refractivity contribution in [3.05, 3.63) is 66.0 Å². The Morgan fingerprint density at radius 2 is 1.67 bits per heavy atom. The number of nitrogens with one attached hydrogen (secondary N) is 1. The summed E-state index contributed by atoms with van der Waals surface area (Å²) in [6, 6.07) is 16.6. The van der Waals surface area contributed by atoms with E-state index in [-0.39, 0.29) is 0 Å². The number of hydrogen-bond acceptors (Lipinski definition) is 3. The van der Waals surface area contributed by atoms with Crippen LogP contribution in [0.4, 0.5) is 0 Å². The second-order valence-electron chi connectivity index (χ2n) is 5.77. The van der Waals surface area contributed by atoms with Crippen LogP contribution in [0.15, 0.2) is 54.6 Å². The highest BCUT2D eigenvalue weighted by molar-refractivity contribution is 7.87. The topological polar surface area (TPSA) is 67.2 Å². The summed E-state index contributed by atoms with van der Waals surface area (Å²) < 4.78 is 30.6. The molecule has 126 valence electrons. The van der Waals surface area contributed by atoms with Crippen LogP contribution in [0, 0.1) is 0 Å². The Kier molecular flexibility index (Phi) is 4.40. The third-order valence-electron chi connectivity index (χ3n) is 3.96. The van der Waals surface area contributed by atoms with Crippen molar-refractivity contribution in [2.75, 3.05) is 14.1 Å². The number of benzene rings is 2. The van der Waals surface area contributed by atoms with Gasteiger partial charge in [0.25, 0.3) is 10.2 Å². The van der Waals surface area contributed by atoms with Gasteiger partial charge >= 0.3 is 0 Å². The first-order chi connectivity index (χ1) is 11.4. The first kappa shape index (κ1) is 16.6. The third kappa shape index (κ3) is 3.06. The number of imidazole rings is 1. The van der Waals surface area contributed by atoms with Crippen molar-refractivity contribution in [1.82, 2.24) is 18.6 Å². The summed E-state index contributed by atoms with van der Waals surface area (Å²) in [5.41, 5.74) is 2.62. The summed E-state index contributed by atoms with van der Waals surface area (Å²) >= 11 is 0. The average Bonchev–Trinajstić information content (AvgIpc) is 2.90. The lowest BCUT2D eigenvalue weighted by Gasteiger charge is -2.21. The van der Waals surface area contributed by atoms with Crippen molar-refractivity contribution < 1.29 is 8.42 Å². The van der Waals surface area contributed by atoms with Crippen LogP contribution in [0.5, 0.6) is 0 Å². The Hall–Kier alpha value is -2.22. The summed E-state index contributed by atoms with van der Waals surface area (Å²) in [6.07, 6.45) is 0. The van der Waals surface area contributed by atoms with Gasteiger partial charge in [0.15, 0.2) is 0 Å². The van der Waals surface area contributed by atoms with Gasteiger partial charge in [0.2, 0.25) is 0 Å². The Morgan fingerprint density at radius 3 is 2.29 bits per heavy atom. The standard InChI is InChI=1S/C17H20N4O2S/c1-20(2)24(22,23)19-16(13-9-5-4-6-10-13)17-18-14-11-7-8-12-15(14)21(17)3/h4-12,16,19H,1-3H3/t16-/m0/s1. The number of fused-ring (bicyclic) bond motifs is 1. The highest BCUT2D eigenvalue weighted by atomic mass is 32.2. The number of hydrogen-bond donors (Lipinski definition) is 1. The fourth-order valence-corrected chi connectivity index (χ4v) is 3.34. The molecule has 0 saturated carbocycles. The van der Waals surface area contributed by atoms with Crippen LogP contribution in [-0.2, 0) is 17.3 Å². The van der Waals surface area contributed by atoms with Gasteiger partial charge in [-0.25, -0.2) is 4.98 Å². The van der Waals surface area contributed by atoms with Crippen molar-refractivity contribution in [2.45, 2.75) is 6.04 Å². The predicted octanol–water partition coefficient (Wildman–Crippen LogP) is 2.06. The van der Waals surface area contributed by atoms with Crippen LogP contribution in [-0.4, -0.2) is 36.4 Å². The van der Waals surface area contributed by atoms with Gasteiger partial charge in [0.1, 0.15) is 11.9 Å². The number of aryl methyl sites for hydroxylation is 1. The van der Waals surface area contributed by atoms with E-state index >= 15 is 0 Å². The van der Waals surface area contributed by atoms with Crippen molar-refractivity contribution in [3.63, 3.8) is 0 Å². The molecular weight excluding hydrogens is 324 g/mol. The van der Waals surface area contributed by atoms with Gasteiger partial charge in [-0.3, -0.25) is 0 Å². The van der Waals surface area contributed by atoms with Gasteiger partial charge in [-0.1, -0.05) is 42.5 Å². The van der Waals surface area contributed by atoms with E-state index < -0.39 is 16.3 Å².